The highest BCUT2D eigenvalue weighted by molar-refractivity contribution is 5.96. The van der Waals surface area contributed by atoms with Gasteiger partial charge in [-0.15, -0.1) is 0 Å². The van der Waals surface area contributed by atoms with Gasteiger partial charge in [-0.1, -0.05) is 20.8 Å². The van der Waals surface area contributed by atoms with E-state index in [1.165, 1.54) is 4.68 Å². The van der Waals surface area contributed by atoms with E-state index < -0.39 is 0 Å². The number of aryl methyl sites for hydroxylation is 2. The van der Waals surface area contributed by atoms with Crippen LogP contribution >= 0.6 is 0 Å². The maximum atomic E-state index is 13.0. The number of hydrogen-bond donors (Lipinski definition) is 1. The van der Waals surface area contributed by atoms with Gasteiger partial charge < -0.3 is 4.90 Å². The van der Waals surface area contributed by atoms with Crippen molar-refractivity contribution in [1.29, 1.82) is 0 Å². The second-order valence-corrected chi connectivity index (χ2v) is 8.09. The summed E-state index contributed by atoms with van der Waals surface area (Å²) in [6.07, 6.45) is 1.80. The van der Waals surface area contributed by atoms with E-state index in [1.807, 2.05) is 18.7 Å². The molecule has 3 heterocycles. The normalized spacial score (nSPS) is 17.7. The molecule has 1 fully saturated rings. The average molecular weight is 357 g/mol. The Balaban J connectivity index is 1.86. The van der Waals surface area contributed by atoms with Gasteiger partial charge in [0.2, 0.25) is 0 Å². The average Bonchev–Trinajstić information content (AvgIpc) is 3.14. The first-order chi connectivity index (χ1) is 12.2. The van der Waals surface area contributed by atoms with Gasteiger partial charge in [0.1, 0.15) is 0 Å². The van der Waals surface area contributed by atoms with Crippen LogP contribution in [0.15, 0.2) is 16.9 Å². The number of aromatic amines is 1. The summed E-state index contributed by atoms with van der Waals surface area (Å²) < 4.78 is 1.51. The zero-order valence-corrected chi connectivity index (χ0v) is 16.2. The first-order valence-electron chi connectivity index (χ1n) is 9.09. The SMILES string of the molecule is Cc1n[nH]c(C)c1C(=O)N1CCCC1Cn1nc(C(C)(C)C)ccc1=O. The molecule has 7 heteroatoms. The number of nitrogens with zero attached hydrogens (tertiary/aromatic N) is 4. The summed E-state index contributed by atoms with van der Waals surface area (Å²) in [6, 6.07) is 3.32. The van der Waals surface area contributed by atoms with Crippen LogP contribution in [0.4, 0.5) is 0 Å². The fourth-order valence-corrected chi connectivity index (χ4v) is 3.48. The quantitative estimate of drug-likeness (QED) is 0.912. The molecular weight excluding hydrogens is 330 g/mol. The van der Waals surface area contributed by atoms with E-state index in [-0.39, 0.29) is 22.9 Å². The smallest absolute Gasteiger partial charge is 0.266 e. The fourth-order valence-electron chi connectivity index (χ4n) is 3.48. The summed E-state index contributed by atoms with van der Waals surface area (Å²) >= 11 is 0. The van der Waals surface area contributed by atoms with Crippen molar-refractivity contribution >= 4 is 5.91 Å². The van der Waals surface area contributed by atoms with Crippen LogP contribution in [0.3, 0.4) is 0 Å². The third-order valence-electron chi connectivity index (χ3n) is 5.00. The maximum absolute atomic E-state index is 13.0. The summed E-state index contributed by atoms with van der Waals surface area (Å²) in [6.45, 7) is 11.0. The Morgan fingerprint density at radius 1 is 1.31 bits per heavy atom. The highest BCUT2D eigenvalue weighted by atomic mass is 16.2. The molecule has 1 aliphatic rings. The summed E-state index contributed by atoms with van der Waals surface area (Å²) in [5.41, 5.74) is 2.74. The molecule has 0 saturated carbocycles. The molecule has 1 unspecified atom stereocenters. The minimum Gasteiger partial charge on any atom is -0.334 e. The van der Waals surface area contributed by atoms with Crippen LogP contribution in [0.25, 0.3) is 0 Å². The molecule has 1 amide bonds. The molecule has 0 spiro atoms. The lowest BCUT2D eigenvalue weighted by Crippen LogP contribution is -2.41. The Bertz CT molecular complexity index is 855. The molecule has 140 valence electrons. The van der Waals surface area contributed by atoms with Gasteiger partial charge in [-0.25, -0.2) is 4.68 Å². The maximum Gasteiger partial charge on any atom is 0.266 e. The molecule has 1 atom stereocenters. The Labute approximate surface area is 153 Å². The summed E-state index contributed by atoms with van der Waals surface area (Å²) in [7, 11) is 0. The second-order valence-electron chi connectivity index (χ2n) is 8.09. The van der Waals surface area contributed by atoms with Crippen LogP contribution in [-0.4, -0.2) is 43.4 Å². The van der Waals surface area contributed by atoms with Crippen molar-refractivity contribution in [2.24, 2.45) is 0 Å². The largest absolute Gasteiger partial charge is 0.334 e. The molecule has 2 aromatic heterocycles. The number of aromatic nitrogens is 4. The molecule has 0 aromatic carbocycles. The van der Waals surface area contributed by atoms with Crippen molar-refractivity contribution in [1.82, 2.24) is 24.9 Å². The van der Waals surface area contributed by atoms with Crippen LogP contribution in [0.5, 0.6) is 0 Å². The van der Waals surface area contributed by atoms with Crippen LogP contribution in [0.1, 0.15) is 61.1 Å². The second kappa shape index (κ2) is 6.70. The van der Waals surface area contributed by atoms with E-state index in [0.29, 0.717) is 24.3 Å². The van der Waals surface area contributed by atoms with Gasteiger partial charge in [-0.05, 0) is 32.8 Å². The van der Waals surface area contributed by atoms with Crippen molar-refractivity contribution in [3.63, 3.8) is 0 Å². The van der Waals surface area contributed by atoms with E-state index in [2.05, 4.69) is 36.1 Å². The Kier molecular flexibility index (Phi) is 4.73. The van der Waals surface area contributed by atoms with E-state index in [4.69, 9.17) is 0 Å². The van der Waals surface area contributed by atoms with Gasteiger partial charge in [-0.2, -0.15) is 10.2 Å². The topological polar surface area (TPSA) is 83.9 Å². The van der Waals surface area contributed by atoms with Crippen LogP contribution < -0.4 is 5.56 Å². The van der Waals surface area contributed by atoms with Crippen molar-refractivity contribution < 1.29 is 4.79 Å². The number of H-pyrrole nitrogens is 1. The van der Waals surface area contributed by atoms with E-state index in [0.717, 1.165) is 24.2 Å². The standard InChI is InChI=1S/C19H27N5O2/c1-12-17(13(2)21-20-12)18(26)23-10-6-7-14(23)11-24-16(25)9-8-15(22-24)19(3,4)5/h8-9,14H,6-7,10-11H2,1-5H3,(H,20,21). The van der Waals surface area contributed by atoms with Gasteiger partial charge in [0.05, 0.1) is 29.5 Å². The summed E-state index contributed by atoms with van der Waals surface area (Å²) in [5, 5.41) is 11.6. The van der Waals surface area contributed by atoms with Crippen molar-refractivity contribution in [3.8, 4) is 0 Å². The monoisotopic (exact) mass is 357 g/mol. The highest BCUT2D eigenvalue weighted by Gasteiger charge is 2.32. The number of carbonyl (C=O) groups is 1. The number of likely N-dealkylation sites (tertiary alicyclic amines) is 1. The molecular formula is C19H27N5O2. The predicted molar refractivity (Wildman–Crippen MR) is 99.3 cm³/mol. The molecule has 1 aliphatic heterocycles. The van der Waals surface area contributed by atoms with E-state index >= 15 is 0 Å². The molecule has 0 radical (unpaired) electrons. The van der Waals surface area contributed by atoms with E-state index in [1.54, 1.807) is 12.1 Å². The van der Waals surface area contributed by atoms with Crippen molar-refractivity contribution in [2.75, 3.05) is 6.54 Å². The molecule has 0 bridgehead atoms. The highest BCUT2D eigenvalue weighted by Crippen LogP contribution is 2.24. The molecule has 7 nitrogen and oxygen atoms in total. The molecule has 26 heavy (non-hydrogen) atoms. The number of nitrogens with one attached hydrogen (secondary N) is 1. The zero-order chi connectivity index (χ0) is 19.1. The minimum atomic E-state index is -0.133. The number of amides is 1. The lowest BCUT2D eigenvalue weighted by atomic mass is 9.92. The fraction of sp³-hybridized carbons (Fsp3) is 0.579. The Morgan fingerprint density at radius 3 is 2.65 bits per heavy atom. The van der Waals surface area contributed by atoms with Crippen molar-refractivity contribution in [3.05, 3.63) is 45.1 Å². The van der Waals surface area contributed by atoms with Crippen molar-refractivity contribution in [2.45, 2.75) is 65.5 Å². The van der Waals surface area contributed by atoms with Crippen LogP contribution in [-0.2, 0) is 12.0 Å². The van der Waals surface area contributed by atoms with Gasteiger partial charge in [0.15, 0.2) is 0 Å². The molecule has 3 rings (SSSR count). The van der Waals surface area contributed by atoms with Gasteiger partial charge >= 0.3 is 0 Å². The number of hydrogen-bond acceptors (Lipinski definition) is 4. The number of rotatable bonds is 3. The van der Waals surface area contributed by atoms with Gasteiger partial charge in [0.25, 0.3) is 11.5 Å². The molecule has 1 saturated heterocycles. The third-order valence-corrected chi connectivity index (χ3v) is 5.00. The zero-order valence-electron chi connectivity index (χ0n) is 16.2. The summed E-state index contributed by atoms with van der Waals surface area (Å²) in [5.74, 6) is -0.0173. The van der Waals surface area contributed by atoms with Crippen LogP contribution in [0, 0.1) is 13.8 Å². The first kappa shape index (κ1) is 18.4. The molecule has 1 N–H and O–H groups in total. The lowest BCUT2D eigenvalue weighted by Gasteiger charge is -2.26. The van der Waals surface area contributed by atoms with E-state index in [9.17, 15) is 9.59 Å². The lowest BCUT2D eigenvalue weighted by molar-refractivity contribution is 0.0718. The first-order valence-corrected chi connectivity index (χ1v) is 9.09. The third kappa shape index (κ3) is 3.43. The molecule has 2 aromatic rings. The Hall–Kier alpha value is -2.44. The minimum absolute atomic E-state index is 0.0173. The Morgan fingerprint density at radius 2 is 2.04 bits per heavy atom. The summed E-state index contributed by atoms with van der Waals surface area (Å²) in [4.78, 5) is 27.2. The van der Waals surface area contributed by atoms with Gasteiger partial charge in [0, 0.05) is 23.7 Å². The predicted octanol–water partition coefficient (Wildman–Crippen LogP) is 2.19. The van der Waals surface area contributed by atoms with Gasteiger partial charge in [-0.3, -0.25) is 14.7 Å². The van der Waals surface area contributed by atoms with Crippen LogP contribution in [0.2, 0.25) is 0 Å². The number of carbonyl (C=O) groups excluding carboxylic acids is 1. The molecule has 0 aliphatic carbocycles.